The van der Waals surface area contributed by atoms with Gasteiger partial charge in [0.2, 0.25) is 10.0 Å². The molecule has 1 fully saturated rings. The number of morpholine rings is 1. The van der Waals surface area contributed by atoms with Gasteiger partial charge in [0.25, 0.3) is 5.91 Å². The van der Waals surface area contributed by atoms with E-state index in [4.69, 9.17) is 4.74 Å². The number of anilines is 1. The predicted octanol–water partition coefficient (Wildman–Crippen LogP) is 2.66. The second-order valence-electron chi connectivity index (χ2n) is 6.34. The lowest BCUT2D eigenvalue weighted by Crippen LogP contribution is -2.44. The smallest absolute Gasteiger partial charge is 0.255 e. The van der Waals surface area contributed by atoms with Gasteiger partial charge in [-0.1, -0.05) is 24.3 Å². The highest BCUT2D eigenvalue weighted by Gasteiger charge is 2.29. The van der Waals surface area contributed by atoms with Gasteiger partial charge in [0.1, 0.15) is 0 Å². The Morgan fingerprint density at radius 3 is 2.69 bits per heavy atom. The first kappa shape index (κ1) is 18.6. The van der Waals surface area contributed by atoms with E-state index in [1.807, 2.05) is 26.0 Å². The molecule has 1 aliphatic heterocycles. The van der Waals surface area contributed by atoms with Gasteiger partial charge in [0.05, 0.1) is 17.6 Å². The fraction of sp³-hybridized carbons (Fsp3) is 0.316. The van der Waals surface area contributed by atoms with E-state index in [0.29, 0.717) is 30.9 Å². The predicted molar refractivity (Wildman–Crippen MR) is 99.7 cm³/mol. The van der Waals surface area contributed by atoms with Crippen molar-refractivity contribution in [3.8, 4) is 0 Å². The lowest BCUT2D eigenvalue weighted by Gasteiger charge is -2.30. The van der Waals surface area contributed by atoms with Crippen LogP contribution < -0.4 is 5.32 Å². The van der Waals surface area contributed by atoms with Crippen molar-refractivity contribution >= 4 is 21.6 Å². The van der Waals surface area contributed by atoms with E-state index >= 15 is 0 Å². The molecule has 0 aliphatic carbocycles. The first-order chi connectivity index (χ1) is 12.4. The minimum Gasteiger partial charge on any atom is -0.376 e. The topological polar surface area (TPSA) is 75.7 Å². The molecule has 26 heavy (non-hydrogen) atoms. The highest BCUT2D eigenvalue weighted by atomic mass is 32.2. The summed E-state index contributed by atoms with van der Waals surface area (Å²) in [5.41, 5.74) is 1.86. The monoisotopic (exact) mass is 374 g/mol. The molecule has 0 saturated carbocycles. The van der Waals surface area contributed by atoms with Crippen molar-refractivity contribution in [2.24, 2.45) is 0 Å². The van der Waals surface area contributed by atoms with Crippen LogP contribution in [-0.2, 0) is 14.8 Å². The maximum Gasteiger partial charge on any atom is 0.255 e. The number of sulfonamides is 1. The van der Waals surface area contributed by atoms with Crippen LogP contribution in [0.2, 0.25) is 0 Å². The number of rotatable bonds is 4. The van der Waals surface area contributed by atoms with Gasteiger partial charge in [0.15, 0.2) is 0 Å². The number of aryl methyl sites for hydroxylation is 1. The summed E-state index contributed by atoms with van der Waals surface area (Å²) < 4.78 is 32.5. The molecule has 1 unspecified atom stereocenters. The quantitative estimate of drug-likeness (QED) is 0.893. The Morgan fingerprint density at radius 2 is 1.96 bits per heavy atom. The summed E-state index contributed by atoms with van der Waals surface area (Å²) in [5.74, 6) is -0.266. The van der Waals surface area contributed by atoms with Crippen molar-refractivity contribution in [3.63, 3.8) is 0 Å². The Kier molecular flexibility index (Phi) is 5.41. The third kappa shape index (κ3) is 3.95. The van der Waals surface area contributed by atoms with Crippen LogP contribution in [0.4, 0.5) is 5.69 Å². The van der Waals surface area contributed by atoms with Crippen LogP contribution >= 0.6 is 0 Å². The fourth-order valence-electron chi connectivity index (χ4n) is 2.91. The Labute approximate surface area is 153 Å². The van der Waals surface area contributed by atoms with E-state index in [1.54, 1.807) is 30.3 Å². The largest absolute Gasteiger partial charge is 0.376 e. The molecule has 1 atom stereocenters. The van der Waals surface area contributed by atoms with Gasteiger partial charge >= 0.3 is 0 Å². The first-order valence-corrected chi connectivity index (χ1v) is 9.91. The van der Waals surface area contributed by atoms with E-state index in [0.717, 1.165) is 5.56 Å². The summed E-state index contributed by atoms with van der Waals surface area (Å²) in [6.07, 6.45) is -0.137. The van der Waals surface area contributed by atoms with Crippen LogP contribution in [0, 0.1) is 6.92 Å². The summed E-state index contributed by atoms with van der Waals surface area (Å²) in [5, 5.41) is 2.78. The van der Waals surface area contributed by atoms with Crippen LogP contribution in [-0.4, -0.2) is 44.4 Å². The molecule has 0 bridgehead atoms. The second-order valence-corrected chi connectivity index (χ2v) is 8.28. The number of nitrogens with zero attached hydrogens (tertiary/aromatic N) is 1. The van der Waals surface area contributed by atoms with Crippen molar-refractivity contribution in [2.75, 3.05) is 25.0 Å². The summed E-state index contributed by atoms with van der Waals surface area (Å²) in [4.78, 5) is 12.6. The molecule has 2 aromatic rings. The minimum atomic E-state index is -3.62. The lowest BCUT2D eigenvalue weighted by atomic mass is 10.1. The van der Waals surface area contributed by atoms with Crippen LogP contribution in [0.25, 0.3) is 0 Å². The average molecular weight is 374 g/mol. The van der Waals surface area contributed by atoms with Gasteiger partial charge in [-0.15, -0.1) is 0 Å². The summed E-state index contributed by atoms with van der Waals surface area (Å²) in [6.45, 7) is 4.73. The maximum atomic E-state index is 12.9. The van der Waals surface area contributed by atoms with Crippen LogP contribution in [0.5, 0.6) is 0 Å². The van der Waals surface area contributed by atoms with E-state index in [-0.39, 0.29) is 16.9 Å². The Bertz CT molecular complexity index is 911. The zero-order chi connectivity index (χ0) is 18.7. The molecule has 0 radical (unpaired) electrons. The van der Waals surface area contributed by atoms with Crippen molar-refractivity contribution < 1.29 is 17.9 Å². The number of hydrogen-bond acceptors (Lipinski definition) is 4. The number of carbonyl (C=O) groups is 1. The zero-order valence-corrected chi connectivity index (χ0v) is 15.6. The third-order valence-corrected chi connectivity index (χ3v) is 6.18. The van der Waals surface area contributed by atoms with E-state index < -0.39 is 10.0 Å². The number of carbonyl (C=O) groups excluding carboxylic acids is 1. The van der Waals surface area contributed by atoms with E-state index in [1.165, 1.54) is 10.4 Å². The normalized spacial score (nSPS) is 18.5. The second kappa shape index (κ2) is 7.57. The first-order valence-electron chi connectivity index (χ1n) is 8.47. The van der Waals surface area contributed by atoms with E-state index in [2.05, 4.69) is 5.32 Å². The number of amides is 1. The van der Waals surface area contributed by atoms with Gasteiger partial charge in [-0.25, -0.2) is 8.42 Å². The average Bonchev–Trinajstić information content (AvgIpc) is 2.62. The molecular weight excluding hydrogens is 352 g/mol. The minimum absolute atomic E-state index is 0.137. The van der Waals surface area contributed by atoms with Crippen molar-refractivity contribution in [2.45, 2.75) is 24.8 Å². The summed E-state index contributed by atoms with van der Waals surface area (Å²) in [7, 11) is -3.62. The Hall–Kier alpha value is -2.22. The molecule has 1 saturated heterocycles. The molecule has 0 spiro atoms. The van der Waals surface area contributed by atoms with Gasteiger partial charge in [-0.05, 0) is 43.7 Å². The molecule has 2 aromatic carbocycles. The molecule has 6 nitrogen and oxygen atoms in total. The van der Waals surface area contributed by atoms with Crippen LogP contribution in [0.3, 0.4) is 0 Å². The lowest BCUT2D eigenvalue weighted by molar-refractivity contribution is 0.0102. The molecule has 138 valence electrons. The molecule has 3 rings (SSSR count). The number of ether oxygens (including phenoxy) is 1. The number of hydrogen-bond donors (Lipinski definition) is 1. The maximum absolute atomic E-state index is 12.9. The molecular formula is C19H22N2O4S. The number of nitrogens with one attached hydrogen (secondary N) is 1. The SMILES string of the molecule is Cc1ccccc1C(=O)Nc1cccc(S(=O)(=O)N2CCOC(C)C2)c1. The molecule has 0 aromatic heterocycles. The fourth-order valence-corrected chi connectivity index (χ4v) is 4.46. The van der Waals surface area contributed by atoms with Crippen LogP contribution in [0.15, 0.2) is 53.4 Å². The Balaban J connectivity index is 1.82. The summed E-state index contributed by atoms with van der Waals surface area (Å²) in [6, 6.07) is 13.6. The summed E-state index contributed by atoms with van der Waals surface area (Å²) >= 11 is 0. The highest BCUT2D eigenvalue weighted by Crippen LogP contribution is 2.22. The van der Waals surface area contributed by atoms with Crippen LogP contribution in [0.1, 0.15) is 22.8 Å². The van der Waals surface area contributed by atoms with Crippen molar-refractivity contribution in [1.29, 1.82) is 0 Å². The zero-order valence-electron chi connectivity index (χ0n) is 14.8. The number of benzene rings is 2. The molecule has 1 amide bonds. The van der Waals surface area contributed by atoms with Gasteiger partial charge in [-0.3, -0.25) is 4.79 Å². The molecule has 1 aliphatic rings. The highest BCUT2D eigenvalue weighted by molar-refractivity contribution is 7.89. The van der Waals surface area contributed by atoms with Crippen molar-refractivity contribution in [1.82, 2.24) is 4.31 Å². The van der Waals surface area contributed by atoms with Gasteiger partial charge in [0, 0.05) is 24.3 Å². The van der Waals surface area contributed by atoms with Gasteiger partial charge < -0.3 is 10.1 Å². The Morgan fingerprint density at radius 1 is 1.19 bits per heavy atom. The van der Waals surface area contributed by atoms with E-state index in [9.17, 15) is 13.2 Å². The van der Waals surface area contributed by atoms with Crippen molar-refractivity contribution in [3.05, 3.63) is 59.7 Å². The molecule has 1 heterocycles. The standard InChI is InChI=1S/C19H22N2O4S/c1-14-6-3-4-9-18(14)19(22)20-16-7-5-8-17(12-16)26(23,24)21-10-11-25-15(2)13-21/h3-9,12,15H,10-11,13H2,1-2H3,(H,20,22). The third-order valence-electron chi connectivity index (χ3n) is 4.32. The molecule has 7 heteroatoms. The van der Waals surface area contributed by atoms with Gasteiger partial charge in [-0.2, -0.15) is 4.31 Å². The molecule has 1 N–H and O–H groups in total.